The molecule has 164 valence electrons. The lowest BCUT2D eigenvalue weighted by Crippen LogP contribution is -2.29. The molecule has 32 heavy (non-hydrogen) atoms. The van der Waals surface area contributed by atoms with Crippen LogP contribution in [0.5, 0.6) is 0 Å². The van der Waals surface area contributed by atoms with Gasteiger partial charge in [0.25, 0.3) is 5.91 Å². The second-order valence-corrected chi connectivity index (χ2v) is 9.44. The molecule has 0 radical (unpaired) electrons. The molecular formula is C22H22N6O3S. The maximum atomic E-state index is 13.2. The smallest absolute Gasteiger partial charge is 0.253 e. The van der Waals surface area contributed by atoms with E-state index in [9.17, 15) is 4.79 Å². The molecule has 4 aromatic rings. The molecule has 9 nitrogen and oxygen atoms in total. The Morgan fingerprint density at radius 3 is 2.81 bits per heavy atom. The number of amides is 1. The van der Waals surface area contributed by atoms with Crippen molar-refractivity contribution in [1.29, 1.82) is 0 Å². The first kappa shape index (κ1) is 20.5. The Bertz CT molecular complexity index is 1250. The molecule has 4 heterocycles. The van der Waals surface area contributed by atoms with Gasteiger partial charge in [0.2, 0.25) is 5.16 Å². The van der Waals surface area contributed by atoms with Gasteiger partial charge in [0.1, 0.15) is 23.1 Å². The Balaban J connectivity index is 1.40. The minimum absolute atomic E-state index is 0.143. The normalized spacial score (nSPS) is 16.7. The first-order valence-electron chi connectivity index (χ1n) is 10.2. The second kappa shape index (κ2) is 7.94. The summed E-state index contributed by atoms with van der Waals surface area (Å²) in [6.07, 6.45) is 2.10. The zero-order valence-electron chi connectivity index (χ0n) is 17.9. The maximum absolute atomic E-state index is 13.2. The quantitative estimate of drug-likeness (QED) is 0.419. The van der Waals surface area contributed by atoms with Gasteiger partial charge in [0, 0.05) is 11.8 Å². The molecule has 10 heteroatoms. The maximum Gasteiger partial charge on any atom is 0.253 e. The summed E-state index contributed by atoms with van der Waals surface area (Å²) in [5.74, 6) is 1.32. The number of rotatable bonds is 5. The number of aromatic nitrogens is 4. The highest BCUT2D eigenvalue weighted by molar-refractivity contribution is 7.99. The van der Waals surface area contributed by atoms with Gasteiger partial charge in [-0.15, -0.1) is 5.10 Å². The number of hydrazone groups is 1. The van der Waals surface area contributed by atoms with Crippen molar-refractivity contribution in [1.82, 2.24) is 25.2 Å². The highest BCUT2D eigenvalue weighted by Gasteiger charge is 2.36. The lowest BCUT2D eigenvalue weighted by Gasteiger charge is -2.21. The van der Waals surface area contributed by atoms with Crippen LogP contribution < -0.4 is 0 Å². The van der Waals surface area contributed by atoms with Crippen molar-refractivity contribution in [2.24, 2.45) is 5.10 Å². The summed E-state index contributed by atoms with van der Waals surface area (Å²) in [4.78, 5) is 13.2. The van der Waals surface area contributed by atoms with E-state index in [1.165, 1.54) is 16.8 Å². The molecule has 0 saturated heterocycles. The Labute approximate surface area is 188 Å². The molecule has 0 aliphatic carbocycles. The number of thioether (sulfide) groups is 1. The first-order chi connectivity index (χ1) is 15.4. The van der Waals surface area contributed by atoms with Crippen LogP contribution >= 0.6 is 11.8 Å². The Morgan fingerprint density at radius 1 is 1.22 bits per heavy atom. The van der Waals surface area contributed by atoms with Crippen LogP contribution in [-0.2, 0) is 10.3 Å². The number of nitrogens with zero attached hydrogens (tertiary/aromatic N) is 6. The Morgan fingerprint density at radius 2 is 2.06 bits per heavy atom. The highest BCUT2D eigenvalue weighted by atomic mass is 32.2. The lowest BCUT2D eigenvalue weighted by atomic mass is 10.1. The van der Waals surface area contributed by atoms with Gasteiger partial charge in [-0.25, -0.2) is 9.69 Å². The molecule has 1 aliphatic heterocycles. The molecule has 0 unspecified atom stereocenters. The fourth-order valence-electron chi connectivity index (χ4n) is 3.60. The number of fused-ring (bicyclic) bond motifs is 1. The zero-order chi connectivity index (χ0) is 22.3. The van der Waals surface area contributed by atoms with Crippen molar-refractivity contribution in [3.63, 3.8) is 0 Å². The van der Waals surface area contributed by atoms with Crippen molar-refractivity contribution < 1.29 is 13.6 Å². The number of carbonyl (C=O) groups excluding carboxylic acids is 1. The topological polar surface area (TPSA) is 103 Å². The number of para-hydroxylation sites is 1. The summed E-state index contributed by atoms with van der Waals surface area (Å²) in [5, 5.41) is 19.6. The predicted octanol–water partition coefficient (Wildman–Crippen LogP) is 4.24. The van der Waals surface area contributed by atoms with Crippen molar-refractivity contribution >= 4 is 34.3 Å². The fraction of sp³-hybridized carbons (Fsp3) is 0.318. The van der Waals surface area contributed by atoms with E-state index in [1.807, 2.05) is 63.2 Å². The summed E-state index contributed by atoms with van der Waals surface area (Å²) < 4.78 is 13.3. The zero-order valence-corrected chi connectivity index (χ0v) is 18.7. The van der Waals surface area contributed by atoms with Crippen LogP contribution in [0.4, 0.5) is 0 Å². The average Bonchev–Trinajstić information content (AvgIpc) is 3.55. The van der Waals surface area contributed by atoms with Crippen molar-refractivity contribution in [2.45, 2.75) is 43.9 Å². The molecule has 1 atom stereocenters. The van der Waals surface area contributed by atoms with Crippen LogP contribution in [0.1, 0.15) is 44.8 Å². The largest absolute Gasteiger partial charge is 0.467 e. The molecule has 3 aromatic heterocycles. The Kier molecular flexibility index (Phi) is 5.09. The SMILES string of the molecule is CC(C)(C)n1nnnc1SCC(=O)N1N=C(c2cc3ccccc3o2)C[C@@H]1c1ccco1. The van der Waals surface area contributed by atoms with Gasteiger partial charge in [-0.05, 0) is 55.5 Å². The summed E-state index contributed by atoms with van der Waals surface area (Å²) in [7, 11) is 0. The van der Waals surface area contributed by atoms with Crippen LogP contribution in [0.2, 0.25) is 0 Å². The summed E-state index contributed by atoms with van der Waals surface area (Å²) >= 11 is 1.29. The number of hydrogen-bond acceptors (Lipinski definition) is 8. The second-order valence-electron chi connectivity index (χ2n) is 8.50. The summed E-state index contributed by atoms with van der Waals surface area (Å²) in [6.45, 7) is 6.02. The van der Waals surface area contributed by atoms with Gasteiger partial charge in [0.05, 0.1) is 17.6 Å². The summed E-state index contributed by atoms with van der Waals surface area (Å²) in [6, 6.07) is 13.1. The molecule has 0 spiro atoms. The number of carbonyl (C=O) groups is 1. The van der Waals surface area contributed by atoms with E-state index in [2.05, 4.69) is 20.6 Å². The van der Waals surface area contributed by atoms with Crippen LogP contribution in [0.15, 0.2) is 67.8 Å². The van der Waals surface area contributed by atoms with Crippen LogP contribution in [-0.4, -0.2) is 42.6 Å². The molecule has 0 fully saturated rings. The predicted molar refractivity (Wildman–Crippen MR) is 119 cm³/mol. The van der Waals surface area contributed by atoms with Crippen molar-refractivity contribution in [3.8, 4) is 0 Å². The van der Waals surface area contributed by atoms with Crippen molar-refractivity contribution in [3.05, 3.63) is 60.2 Å². The monoisotopic (exact) mass is 450 g/mol. The molecule has 0 saturated carbocycles. The molecule has 1 amide bonds. The number of hydrogen-bond donors (Lipinski definition) is 0. The van der Waals surface area contributed by atoms with E-state index in [-0.39, 0.29) is 23.2 Å². The molecule has 1 aromatic carbocycles. The van der Waals surface area contributed by atoms with Gasteiger partial charge in [-0.3, -0.25) is 4.79 Å². The third-order valence-electron chi connectivity index (χ3n) is 5.15. The van der Waals surface area contributed by atoms with E-state index in [0.29, 0.717) is 28.8 Å². The third-order valence-corrected chi connectivity index (χ3v) is 6.05. The first-order valence-corrected chi connectivity index (χ1v) is 11.2. The van der Waals surface area contributed by atoms with Gasteiger partial charge >= 0.3 is 0 Å². The van der Waals surface area contributed by atoms with Crippen LogP contribution in [0.3, 0.4) is 0 Å². The van der Waals surface area contributed by atoms with Gasteiger partial charge in [0.15, 0.2) is 5.76 Å². The lowest BCUT2D eigenvalue weighted by molar-refractivity contribution is -0.130. The molecule has 1 aliphatic rings. The molecule has 0 bridgehead atoms. The van der Waals surface area contributed by atoms with Crippen LogP contribution in [0.25, 0.3) is 11.0 Å². The number of furan rings is 2. The van der Waals surface area contributed by atoms with E-state index in [4.69, 9.17) is 8.83 Å². The van der Waals surface area contributed by atoms with E-state index < -0.39 is 0 Å². The molecule has 5 rings (SSSR count). The fourth-order valence-corrected chi connectivity index (χ4v) is 4.51. The standard InChI is InChI=1S/C22H22N6O3S/c1-22(2,3)28-21(23-25-26-28)32-13-20(29)27-16(18-9-6-10-30-18)12-15(24-27)19-11-14-7-4-5-8-17(14)31-19/h4-11,16H,12-13H2,1-3H3/t16-/m1/s1. The molecule has 0 N–H and O–H groups in total. The van der Waals surface area contributed by atoms with Gasteiger partial charge in [-0.2, -0.15) is 5.10 Å². The highest BCUT2D eigenvalue weighted by Crippen LogP contribution is 2.35. The number of tetrazole rings is 1. The van der Waals surface area contributed by atoms with Gasteiger partial charge < -0.3 is 8.83 Å². The summed E-state index contributed by atoms with van der Waals surface area (Å²) in [5.41, 5.74) is 1.21. The Hall–Kier alpha value is -3.40. The third kappa shape index (κ3) is 3.81. The van der Waals surface area contributed by atoms with E-state index in [1.54, 1.807) is 10.9 Å². The minimum atomic E-state index is -0.333. The van der Waals surface area contributed by atoms with E-state index in [0.717, 1.165) is 11.0 Å². The average molecular weight is 451 g/mol. The van der Waals surface area contributed by atoms with Crippen molar-refractivity contribution in [2.75, 3.05) is 5.75 Å². The van der Waals surface area contributed by atoms with E-state index >= 15 is 0 Å². The van der Waals surface area contributed by atoms with Gasteiger partial charge in [-0.1, -0.05) is 30.0 Å². The van der Waals surface area contributed by atoms with Crippen LogP contribution in [0, 0.1) is 0 Å². The minimum Gasteiger partial charge on any atom is -0.467 e. The molecular weight excluding hydrogens is 428 g/mol. The number of benzene rings is 1.